The molecule has 28 heavy (non-hydrogen) atoms. The van der Waals surface area contributed by atoms with Gasteiger partial charge in [0.1, 0.15) is 0 Å². The van der Waals surface area contributed by atoms with Gasteiger partial charge in [-0.15, -0.1) is 0 Å². The Labute approximate surface area is 168 Å². The number of benzene rings is 2. The van der Waals surface area contributed by atoms with Gasteiger partial charge in [0.25, 0.3) is 0 Å². The quantitative estimate of drug-likeness (QED) is 0.432. The number of aromatic nitrogens is 2. The van der Waals surface area contributed by atoms with Gasteiger partial charge in [-0.3, -0.25) is 10.1 Å². The Morgan fingerprint density at radius 3 is 2.43 bits per heavy atom. The van der Waals surface area contributed by atoms with E-state index >= 15 is 0 Å². The van der Waals surface area contributed by atoms with Crippen LogP contribution in [0.4, 0.5) is 5.69 Å². The summed E-state index contributed by atoms with van der Waals surface area (Å²) in [7, 11) is 0. The van der Waals surface area contributed by atoms with Gasteiger partial charge in [0.05, 0.1) is 11.2 Å². The van der Waals surface area contributed by atoms with E-state index in [2.05, 4.69) is 93.9 Å². The van der Waals surface area contributed by atoms with Crippen molar-refractivity contribution in [2.75, 3.05) is 11.6 Å². The van der Waals surface area contributed by atoms with Crippen LogP contribution in [0.1, 0.15) is 51.4 Å². The molecule has 148 valence electrons. The van der Waals surface area contributed by atoms with E-state index in [1.165, 1.54) is 22.2 Å². The van der Waals surface area contributed by atoms with Crippen molar-refractivity contribution in [2.45, 2.75) is 53.4 Å². The Morgan fingerprint density at radius 2 is 1.79 bits per heavy atom. The first-order chi connectivity index (χ1) is 13.1. The number of nitrogens with one attached hydrogen (secondary N) is 1. The Kier molecular flexibility index (Phi) is 5.33. The molecular formula is C24H32N4. The molecule has 1 N–H and O–H groups in total. The Morgan fingerprint density at radius 1 is 1.07 bits per heavy atom. The van der Waals surface area contributed by atoms with E-state index in [0.29, 0.717) is 0 Å². The number of hydrogen-bond donors (Lipinski definition) is 1. The van der Waals surface area contributed by atoms with Crippen molar-refractivity contribution >= 4 is 23.3 Å². The number of para-hydroxylation sites is 1. The minimum absolute atomic E-state index is 0.00830. The van der Waals surface area contributed by atoms with E-state index in [-0.39, 0.29) is 10.8 Å². The number of hydrogen-bond acceptors (Lipinski definition) is 3. The highest BCUT2D eigenvalue weighted by molar-refractivity contribution is 5.82. The molecule has 0 aliphatic heterocycles. The first kappa shape index (κ1) is 20.1. The summed E-state index contributed by atoms with van der Waals surface area (Å²) in [4.78, 5) is 0. The standard InChI is InChI=1S/C24H32N4/c1-17-10-8-9-11-22(17)28(25-7)16-24(5,6)15-21-19-13-12-18(23(2,3)4)14-20(19)26-27-21/h8-14H,7,15-16H2,1-6H3,(H,26,27). The second-order valence-electron chi connectivity index (χ2n) is 9.51. The number of aromatic amines is 1. The maximum atomic E-state index is 4.57. The molecule has 0 aliphatic rings. The smallest absolute Gasteiger partial charge is 0.0926 e. The predicted molar refractivity (Wildman–Crippen MR) is 120 cm³/mol. The lowest BCUT2D eigenvalue weighted by Gasteiger charge is -2.31. The topological polar surface area (TPSA) is 44.3 Å². The molecular weight excluding hydrogens is 344 g/mol. The highest BCUT2D eigenvalue weighted by atomic mass is 15.4. The van der Waals surface area contributed by atoms with Crippen molar-refractivity contribution in [2.24, 2.45) is 10.5 Å². The monoisotopic (exact) mass is 376 g/mol. The highest BCUT2D eigenvalue weighted by Gasteiger charge is 2.25. The van der Waals surface area contributed by atoms with Gasteiger partial charge in [-0.2, -0.15) is 10.2 Å². The van der Waals surface area contributed by atoms with Crippen molar-refractivity contribution in [3.8, 4) is 0 Å². The van der Waals surface area contributed by atoms with Crippen LogP contribution in [-0.4, -0.2) is 23.5 Å². The molecule has 1 aromatic heterocycles. The molecule has 0 bridgehead atoms. The lowest BCUT2D eigenvalue weighted by Crippen LogP contribution is -2.32. The fourth-order valence-electron chi connectivity index (χ4n) is 3.67. The van der Waals surface area contributed by atoms with E-state index < -0.39 is 0 Å². The van der Waals surface area contributed by atoms with Crippen LogP contribution in [0.2, 0.25) is 0 Å². The van der Waals surface area contributed by atoms with Crippen LogP contribution in [-0.2, 0) is 11.8 Å². The number of hydrazone groups is 1. The van der Waals surface area contributed by atoms with Crippen molar-refractivity contribution in [3.05, 3.63) is 59.3 Å². The Bertz CT molecular complexity index is 976. The van der Waals surface area contributed by atoms with Crippen molar-refractivity contribution in [1.82, 2.24) is 10.2 Å². The van der Waals surface area contributed by atoms with Gasteiger partial charge in [0.2, 0.25) is 0 Å². The van der Waals surface area contributed by atoms with E-state index in [9.17, 15) is 0 Å². The number of aryl methyl sites for hydroxylation is 1. The summed E-state index contributed by atoms with van der Waals surface area (Å²) >= 11 is 0. The number of anilines is 1. The maximum absolute atomic E-state index is 4.57. The molecule has 0 unspecified atom stereocenters. The van der Waals surface area contributed by atoms with Crippen molar-refractivity contribution < 1.29 is 0 Å². The molecule has 0 aliphatic carbocycles. The van der Waals surface area contributed by atoms with Crippen LogP contribution in [0.3, 0.4) is 0 Å². The van der Waals surface area contributed by atoms with E-state index in [4.69, 9.17) is 0 Å². The third kappa shape index (κ3) is 4.27. The summed E-state index contributed by atoms with van der Waals surface area (Å²) in [6, 6.07) is 14.9. The molecule has 0 radical (unpaired) electrons. The first-order valence-electron chi connectivity index (χ1n) is 9.88. The minimum Gasteiger partial charge on any atom is -0.281 e. The van der Waals surface area contributed by atoms with Gasteiger partial charge >= 0.3 is 0 Å². The van der Waals surface area contributed by atoms with Crippen molar-refractivity contribution in [3.63, 3.8) is 0 Å². The molecule has 0 spiro atoms. The van der Waals surface area contributed by atoms with Gasteiger partial charge in [-0.25, -0.2) is 0 Å². The largest absolute Gasteiger partial charge is 0.281 e. The minimum atomic E-state index is -0.00830. The summed E-state index contributed by atoms with van der Waals surface area (Å²) in [5.74, 6) is 0. The zero-order chi connectivity index (χ0) is 20.5. The zero-order valence-corrected chi connectivity index (χ0v) is 18.0. The molecule has 1 heterocycles. The number of rotatable bonds is 6. The summed E-state index contributed by atoms with van der Waals surface area (Å²) in [5, 5.41) is 15.4. The molecule has 3 rings (SSSR count). The molecule has 0 saturated heterocycles. The third-order valence-corrected chi connectivity index (χ3v) is 5.30. The average Bonchev–Trinajstić information content (AvgIpc) is 3.01. The first-order valence-corrected chi connectivity index (χ1v) is 9.88. The number of nitrogens with zero attached hydrogens (tertiary/aromatic N) is 3. The number of fused-ring (bicyclic) bond motifs is 1. The van der Waals surface area contributed by atoms with Crippen LogP contribution < -0.4 is 5.01 Å². The van der Waals surface area contributed by atoms with Crippen LogP contribution in [0.15, 0.2) is 47.6 Å². The summed E-state index contributed by atoms with van der Waals surface area (Å²) in [6.07, 6.45) is 0.885. The van der Waals surface area contributed by atoms with Gasteiger partial charge < -0.3 is 0 Å². The Hall–Kier alpha value is -2.62. The predicted octanol–water partition coefficient (Wildman–Crippen LogP) is 5.86. The zero-order valence-electron chi connectivity index (χ0n) is 18.0. The van der Waals surface area contributed by atoms with E-state index in [1.807, 2.05) is 17.1 Å². The van der Waals surface area contributed by atoms with Crippen LogP contribution in [0, 0.1) is 12.3 Å². The fourth-order valence-corrected chi connectivity index (χ4v) is 3.67. The lowest BCUT2D eigenvalue weighted by atomic mass is 9.84. The van der Waals surface area contributed by atoms with Gasteiger partial charge in [0.15, 0.2) is 0 Å². The highest BCUT2D eigenvalue weighted by Crippen LogP contribution is 2.31. The second-order valence-corrected chi connectivity index (χ2v) is 9.51. The van der Waals surface area contributed by atoms with Gasteiger partial charge in [-0.05, 0) is 47.4 Å². The SMILES string of the molecule is C=NN(CC(C)(C)Cc1[nH]nc2cc(C(C)(C)C)ccc12)c1ccccc1C. The molecule has 0 amide bonds. The van der Waals surface area contributed by atoms with Crippen LogP contribution >= 0.6 is 0 Å². The molecule has 0 fully saturated rings. The number of H-pyrrole nitrogens is 1. The lowest BCUT2D eigenvalue weighted by molar-refractivity contribution is 0.362. The third-order valence-electron chi connectivity index (χ3n) is 5.30. The molecule has 3 aromatic rings. The molecule has 2 aromatic carbocycles. The van der Waals surface area contributed by atoms with Crippen LogP contribution in [0.25, 0.3) is 10.9 Å². The summed E-state index contributed by atoms with van der Waals surface area (Å²) in [6.45, 7) is 17.9. The second kappa shape index (κ2) is 7.42. The maximum Gasteiger partial charge on any atom is 0.0926 e. The van der Waals surface area contributed by atoms with Crippen molar-refractivity contribution in [1.29, 1.82) is 0 Å². The van der Waals surface area contributed by atoms with Gasteiger partial charge in [-0.1, -0.05) is 65.0 Å². The molecule has 4 heteroatoms. The normalized spacial score (nSPS) is 12.4. The van der Waals surface area contributed by atoms with E-state index in [1.54, 1.807) is 0 Å². The van der Waals surface area contributed by atoms with Gasteiger partial charge in [0, 0.05) is 24.3 Å². The summed E-state index contributed by atoms with van der Waals surface area (Å²) in [5.41, 5.74) is 5.94. The fraction of sp³-hybridized carbons (Fsp3) is 0.417. The molecule has 4 nitrogen and oxygen atoms in total. The molecule has 0 saturated carbocycles. The summed E-state index contributed by atoms with van der Waals surface area (Å²) < 4.78 is 0. The van der Waals surface area contributed by atoms with E-state index in [0.717, 1.165) is 24.2 Å². The molecule has 0 atom stereocenters. The average molecular weight is 377 g/mol. The van der Waals surface area contributed by atoms with Crippen LogP contribution in [0.5, 0.6) is 0 Å². The Balaban J connectivity index is 1.83.